The maximum absolute atomic E-state index is 5.82. The van der Waals surface area contributed by atoms with Crippen LogP contribution < -0.4 is 15.4 Å². The van der Waals surface area contributed by atoms with Gasteiger partial charge in [0.05, 0.1) is 20.3 Å². The van der Waals surface area contributed by atoms with E-state index >= 15 is 0 Å². The Morgan fingerprint density at radius 1 is 1.37 bits per heavy atom. The van der Waals surface area contributed by atoms with E-state index in [0.717, 1.165) is 50.1 Å². The van der Waals surface area contributed by atoms with Gasteiger partial charge in [-0.05, 0) is 18.0 Å². The molecule has 6 nitrogen and oxygen atoms in total. The SMILES string of the molecule is COc1c(N)nsc1N1CCC(N2CCOCC2)C1. The number of nitrogen functional groups attached to an aromatic ring is 1. The number of rotatable bonds is 3. The molecular weight excluding hydrogens is 264 g/mol. The van der Waals surface area contributed by atoms with E-state index in [2.05, 4.69) is 14.2 Å². The second-order valence-electron chi connectivity index (χ2n) is 4.94. The van der Waals surface area contributed by atoms with Gasteiger partial charge < -0.3 is 20.1 Å². The van der Waals surface area contributed by atoms with Crippen LogP contribution in [-0.2, 0) is 4.74 Å². The predicted octanol–water partition coefficient (Wildman–Crippen LogP) is 0.645. The number of nitrogens with two attached hydrogens (primary N) is 1. The zero-order valence-electron chi connectivity index (χ0n) is 11.2. The first-order chi connectivity index (χ1) is 9.29. The summed E-state index contributed by atoms with van der Waals surface area (Å²) in [7, 11) is 1.65. The Kier molecular flexibility index (Phi) is 3.76. The highest BCUT2D eigenvalue weighted by Crippen LogP contribution is 2.39. The van der Waals surface area contributed by atoms with Crippen molar-refractivity contribution in [2.45, 2.75) is 12.5 Å². The third-order valence-electron chi connectivity index (χ3n) is 3.87. The molecule has 0 aromatic carbocycles. The fourth-order valence-corrected chi connectivity index (χ4v) is 3.66. The highest BCUT2D eigenvalue weighted by atomic mass is 32.1. The van der Waals surface area contributed by atoms with Gasteiger partial charge in [-0.2, -0.15) is 4.37 Å². The van der Waals surface area contributed by atoms with E-state index in [0.29, 0.717) is 11.9 Å². The lowest BCUT2D eigenvalue weighted by Crippen LogP contribution is -2.44. The normalized spacial score (nSPS) is 24.9. The van der Waals surface area contributed by atoms with Crippen LogP contribution in [0.4, 0.5) is 10.8 Å². The molecule has 2 N–H and O–H groups in total. The molecule has 3 rings (SSSR count). The molecule has 2 aliphatic rings. The van der Waals surface area contributed by atoms with Crippen molar-refractivity contribution < 1.29 is 9.47 Å². The molecule has 3 heterocycles. The molecule has 19 heavy (non-hydrogen) atoms. The van der Waals surface area contributed by atoms with Gasteiger partial charge in [0.2, 0.25) is 0 Å². The van der Waals surface area contributed by atoms with Gasteiger partial charge in [0.1, 0.15) is 0 Å². The second kappa shape index (κ2) is 5.52. The third kappa shape index (κ3) is 2.50. The van der Waals surface area contributed by atoms with E-state index in [1.165, 1.54) is 18.0 Å². The number of aromatic nitrogens is 1. The number of anilines is 2. The highest BCUT2D eigenvalue weighted by Gasteiger charge is 2.31. The standard InChI is InChI=1S/C12H20N4O2S/c1-17-10-11(13)14-19-12(10)16-3-2-9(8-16)15-4-6-18-7-5-15/h9H,2-8H2,1H3,(H2,13,14). The lowest BCUT2D eigenvalue weighted by atomic mass is 10.2. The first-order valence-electron chi connectivity index (χ1n) is 6.65. The summed E-state index contributed by atoms with van der Waals surface area (Å²) in [6, 6.07) is 0.608. The summed E-state index contributed by atoms with van der Waals surface area (Å²) in [4.78, 5) is 4.87. The minimum Gasteiger partial charge on any atom is -0.490 e. The zero-order chi connectivity index (χ0) is 13.2. The minimum absolute atomic E-state index is 0.498. The topological polar surface area (TPSA) is 63.9 Å². The molecule has 7 heteroatoms. The Labute approximate surface area is 117 Å². The van der Waals surface area contributed by atoms with Crippen LogP contribution >= 0.6 is 11.5 Å². The van der Waals surface area contributed by atoms with Crippen LogP contribution in [0.1, 0.15) is 6.42 Å². The summed E-state index contributed by atoms with van der Waals surface area (Å²) in [5.41, 5.74) is 5.82. The van der Waals surface area contributed by atoms with Gasteiger partial charge in [0.15, 0.2) is 16.6 Å². The molecule has 2 fully saturated rings. The van der Waals surface area contributed by atoms with Gasteiger partial charge >= 0.3 is 0 Å². The van der Waals surface area contributed by atoms with Crippen molar-refractivity contribution in [3.05, 3.63) is 0 Å². The molecule has 1 unspecified atom stereocenters. The van der Waals surface area contributed by atoms with E-state index < -0.39 is 0 Å². The minimum atomic E-state index is 0.498. The molecule has 1 atom stereocenters. The lowest BCUT2D eigenvalue weighted by Gasteiger charge is -2.32. The molecular formula is C12H20N4O2S. The quantitative estimate of drug-likeness (QED) is 0.879. The van der Waals surface area contributed by atoms with Crippen LogP contribution in [0.5, 0.6) is 5.75 Å². The molecule has 0 bridgehead atoms. The van der Waals surface area contributed by atoms with Crippen LogP contribution in [-0.4, -0.2) is 61.8 Å². The fourth-order valence-electron chi connectivity index (χ4n) is 2.85. The number of hydrogen-bond donors (Lipinski definition) is 1. The fraction of sp³-hybridized carbons (Fsp3) is 0.750. The largest absolute Gasteiger partial charge is 0.490 e. The van der Waals surface area contributed by atoms with Crippen molar-refractivity contribution in [2.75, 3.05) is 57.1 Å². The van der Waals surface area contributed by atoms with Crippen LogP contribution in [0, 0.1) is 0 Å². The van der Waals surface area contributed by atoms with Gasteiger partial charge in [-0.3, -0.25) is 4.90 Å². The summed E-state index contributed by atoms with van der Waals surface area (Å²) in [6.07, 6.45) is 1.18. The number of nitrogens with zero attached hydrogens (tertiary/aromatic N) is 3. The molecule has 1 aromatic heterocycles. The second-order valence-corrected chi connectivity index (χ2v) is 5.69. The maximum Gasteiger partial charge on any atom is 0.197 e. The monoisotopic (exact) mass is 284 g/mol. The van der Waals surface area contributed by atoms with Crippen LogP contribution in [0.15, 0.2) is 0 Å². The summed E-state index contributed by atoms with van der Waals surface area (Å²) < 4.78 is 15.0. The molecule has 2 aliphatic heterocycles. The summed E-state index contributed by atoms with van der Waals surface area (Å²) >= 11 is 1.43. The first kappa shape index (κ1) is 13.0. The predicted molar refractivity (Wildman–Crippen MR) is 76.1 cm³/mol. The van der Waals surface area contributed by atoms with Crippen LogP contribution in [0.25, 0.3) is 0 Å². The van der Waals surface area contributed by atoms with Crippen molar-refractivity contribution in [3.63, 3.8) is 0 Å². The molecule has 0 aliphatic carbocycles. The number of ether oxygens (including phenoxy) is 2. The molecule has 0 saturated carbocycles. The number of morpholine rings is 1. The Morgan fingerprint density at radius 3 is 2.89 bits per heavy atom. The smallest absolute Gasteiger partial charge is 0.197 e. The summed E-state index contributed by atoms with van der Waals surface area (Å²) in [6.45, 7) is 5.86. The number of methoxy groups -OCH3 is 1. The molecule has 0 radical (unpaired) electrons. The van der Waals surface area contributed by atoms with Crippen molar-refractivity contribution >= 4 is 22.4 Å². The Morgan fingerprint density at radius 2 is 2.16 bits per heavy atom. The van der Waals surface area contributed by atoms with Crippen LogP contribution in [0.3, 0.4) is 0 Å². The summed E-state index contributed by atoms with van der Waals surface area (Å²) in [5, 5.41) is 1.07. The molecule has 0 amide bonds. The van der Waals surface area contributed by atoms with E-state index in [1.807, 2.05) is 0 Å². The first-order valence-corrected chi connectivity index (χ1v) is 7.43. The molecule has 0 spiro atoms. The molecule has 1 aromatic rings. The van der Waals surface area contributed by atoms with Crippen molar-refractivity contribution in [3.8, 4) is 5.75 Å². The Bertz CT molecular complexity index is 433. The maximum atomic E-state index is 5.82. The van der Waals surface area contributed by atoms with E-state index in [4.69, 9.17) is 15.2 Å². The number of hydrogen-bond acceptors (Lipinski definition) is 7. The Hall–Kier alpha value is -1.05. The van der Waals surface area contributed by atoms with Gasteiger partial charge in [-0.15, -0.1) is 0 Å². The van der Waals surface area contributed by atoms with Gasteiger partial charge in [-0.25, -0.2) is 0 Å². The van der Waals surface area contributed by atoms with E-state index in [-0.39, 0.29) is 0 Å². The average molecular weight is 284 g/mol. The average Bonchev–Trinajstić information content (AvgIpc) is 3.06. The van der Waals surface area contributed by atoms with E-state index in [9.17, 15) is 0 Å². The van der Waals surface area contributed by atoms with Gasteiger partial charge in [0, 0.05) is 32.2 Å². The Balaban J connectivity index is 1.67. The molecule has 106 valence electrons. The van der Waals surface area contributed by atoms with E-state index in [1.54, 1.807) is 7.11 Å². The van der Waals surface area contributed by atoms with Crippen molar-refractivity contribution in [1.82, 2.24) is 9.27 Å². The molecule has 2 saturated heterocycles. The van der Waals surface area contributed by atoms with Crippen molar-refractivity contribution in [1.29, 1.82) is 0 Å². The van der Waals surface area contributed by atoms with Crippen LogP contribution in [0.2, 0.25) is 0 Å². The summed E-state index contributed by atoms with van der Waals surface area (Å²) in [5.74, 6) is 1.23. The third-order valence-corrected chi connectivity index (χ3v) is 4.78. The van der Waals surface area contributed by atoms with Crippen molar-refractivity contribution in [2.24, 2.45) is 0 Å². The van der Waals surface area contributed by atoms with Gasteiger partial charge in [-0.1, -0.05) is 0 Å². The lowest BCUT2D eigenvalue weighted by molar-refractivity contribution is 0.0209. The van der Waals surface area contributed by atoms with Gasteiger partial charge in [0.25, 0.3) is 0 Å². The highest BCUT2D eigenvalue weighted by molar-refractivity contribution is 7.11. The zero-order valence-corrected chi connectivity index (χ0v) is 12.0.